The standard InChI is InChI=1S/C7H4N2O6.C4H7N3O/c10-7(11)4-2-1-3-5(8(12)13)6(4)9(14)15;1-7-2-3(8)6-4(7)5/h1-3H,(H,10,11);2H2,1H3,(H2,5,6,8). The molecule has 0 aliphatic carbocycles. The number of likely N-dealkylation sites (N-methyl/N-ethyl adjacent to an activating group) is 1. The number of nitrogens with one attached hydrogen (secondary N) is 2. The van der Waals surface area contributed by atoms with Gasteiger partial charge in [0.25, 0.3) is 0 Å². The molecule has 12 nitrogen and oxygen atoms in total. The van der Waals surface area contributed by atoms with Crippen molar-refractivity contribution in [3.63, 3.8) is 0 Å². The number of carboxylic acid groups (broad SMARTS) is 1. The van der Waals surface area contributed by atoms with E-state index >= 15 is 0 Å². The highest BCUT2D eigenvalue weighted by Crippen LogP contribution is 2.30. The number of benzene rings is 1. The van der Waals surface area contributed by atoms with Crippen LogP contribution in [-0.2, 0) is 4.79 Å². The molecule has 1 aromatic carbocycles. The van der Waals surface area contributed by atoms with Gasteiger partial charge in [-0.2, -0.15) is 0 Å². The summed E-state index contributed by atoms with van der Waals surface area (Å²) in [6.07, 6.45) is 0. The third-order valence-corrected chi connectivity index (χ3v) is 2.64. The molecule has 0 spiro atoms. The minimum absolute atomic E-state index is 0.0995. The number of nitro groups is 2. The molecule has 1 fully saturated rings. The van der Waals surface area contributed by atoms with Crippen molar-refractivity contribution in [3.8, 4) is 0 Å². The third kappa shape index (κ3) is 4.20. The van der Waals surface area contributed by atoms with Crippen molar-refractivity contribution in [2.75, 3.05) is 13.6 Å². The molecular formula is C11H11N5O7. The molecule has 1 heterocycles. The van der Waals surface area contributed by atoms with Crippen LogP contribution in [0.15, 0.2) is 18.2 Å². The van der Waals surface area contributed by atoms with Crippen molar-refractivity contribution in [2.24, 2.45) is 0 Å². The molecule has 2 rings (SSSR count). The van der Waals surface area contributed by atoms with Crippen LogP contribution in [0.2, 0.25) is 0 Å². The fourth-order valence-electron chi connectivity index (χ4n) is 1.60. The lowest BCUT2D eigenvalue weighted by atomic mass is 10.1. The number of hydrogen-bond donors (Lipinski definition) is 3. The molecule has 0 unspecified atom stereocenters. The van der Waals surface area contributed by atoms with Crippen LogP contribution in [0.1, 0.15) is 10.4 Å². The van der Waals surface area contributed by atoms with Gasteiger partial charge in [0.15, 0.2) is 5.96 Å². The summed E-state index contributed by atoms with van der Waals surface area (Å²) in [5.74, 6) is -1.49. The van der Waals surface area contributed by atoms with E-state index in [4.69, 9.17) is 10.5 Å². The molecule has 0 bridgehead atoms. The number of carbonyl (C=O) groups excluding carboxylic acids is 1. The Morgan fingerprint density at radius 2 is 1.96 bits per heavy atom. The molecule has 122 valence electrons. The van der Waals surface area contributed by atoms with Gasteiger partial charge in [0, 0.05) is 13.1 Å². The van der Waals surface area contributed by atoms with Crippen molar-refractivity contribution in [1.82, 2.24) is 10.2 Å². The highest BCUT2D eigenvalue weighted by Gasteiger charge is 2.31. The maximum absolute atomic E-state index is 10.6. The summed E-state index contributed by atoms with van der Waals surface area (Å²) in [6, 6.07) is 2.90. The number of carbonyl (C=O) groups is 2. The molecule has 1 aromatic rings. The fraction of sp³-hybridized carbons (Fsp3) is 0.182. The first kappa shape index (κ1) is 17.5. The number of hydrogen-bond acceptors (Lipinski definition) is 7. The van der Waals surface area contributed by atoms with E-state index in [0.717, 1.165) is 18.2 Å². The van der Waals surface area contributed by atoms with E-state index in [1.54, 1.807) is 11.9 Å². The molecule has 3 N–H and O–H groups in total. The average molecular weight is 325 g/mol. The van der Waals surface area contributed by atoms with Crippen LogP contribution in [0.5, 0.6) is 0 Å². The molecule has 0 atom stereocenters. The first-order chi connectivity index (χ1) is 10.6. The lowest BCUT2D eigenvalue weighted by Crippen LogP contribution is -2.25. The van der Waals surface area contributed by atoms with Crippen molar-refractivity contribution >= 4 is 29.2 Å². The van der Waals surface area contributed by atoms with Crippen molar-refractivity contribution < 1.29 is 24.5 Å². The zero-order chi connectivity index (χ0) is 17.7. The Morgan fingerprint density at radius 3 is 2.26 bits per heavy atom. The van der Waals surface area contributed by atoms with Gasteiger partial charge in [-0.3, -0.25) is 35.7 Å². The molecule has 1 saturated heterocycles. The summed E-state index contributed by atoms with van der Waals surface area (Å²) in [5.41, 5.74) is -2.54. The largest absolute Gasteiger partial charge is 0.477 e. The van der Waals surface area contributed by atoms with Gasteiger partial charge >= 0.3 is 17.3 Å². The van der Waals surface area contributed by atoms with Crippen LogP contribution < -0.4 is 5.32 Å². The van der Waals surface area contributed by atoms with Gasteiger partial charge in [0.05, 0.1) is 16.4 Å². The van der Waals surface area contributed by atoms with Crippen LogP contribution >= 0.6 is 0 Å². The van der Waals surface area contributed by atoms with Gasteiger partial charge in [0.2, 0.25) is 5.91 Å². The lowest BCUT2D eigenvalue weighted by molar-refractivity contribution is -0.422. The van der Waals surface area contributed by atoms with Crippen LogP contribution in [0.3, 0.4) is 0 Å². The van der Waals surface area contributed by atoms with E-state index in [2.05, 4.69) is 5.32 Å². The number of guanidine groups is 1. The predicted molar refractivity (Wildman–Crippen MR) is 75.2 cm³/mol. The Bertz CT molecular complexity index is 670. The number of amides is 1. The topological polar surface area (TPSA) is 180 Å². The summed E-state index contributed by atoms with van der Waals surface area (Å²) in [5, 5.41) is 38.8. The normalized spacial score (nSPS) is 13.0. The van der Waals surface area contributed by atoms with E-state index in [-0.39, 0.29) is 11.9 Å². The summed E-state index contributed by atoms with van der Waals surface area (Å²) in [7, 11) is 1.69. The second kappa shape index (κ2) is 6.93. The minimum Gasteiger partial charge on any atom is -0.477 e. The third-order valence-electron chi connectivity index (χ3n) is 2.64. The maximum Gasteiger partial charge on any atom is 0.360 e. The molecule has 12 heteroatoms. The molecule has 0 saturated carbocycles. The van der Waals surface area contributed by atoms with E-state index in [9.17, 15) is 29.8 Å². The maximum atomic E-state index is 10.6. The summed E-state index contributed by atoms with van der Waals surface area (Å²) < 4.78 is 0. The molecular weight excluding hydrogens is 314 g/mol. The second-order valence-corrected chi connectivity index (χ2v) is 4.25. The average Bonchev–Trinajstić information content (AvgIpc) is 2.74. The van der Waals surface area contributed by atoms with Crippen LogP contribution in [0, 0.1) is 25.6 Å². The van der Waals surface area contributed by atoms with Gasteiger partial charge in [-0.15, -0.1) is 0 Å². The second-order valence-electron chi connectivity index (χ2n) is 4.25. The van der Waals surface area contributed by atoms with Crippen molar-refractivity contribution in [1.29, 1.82) is 5.41 Å². The number of carboxylic acids is 1. The molecule has 1 aliphatic heterocycles. The number of aromatic carboxylic acids is 1. The fourth-order valence-corrected chi connectivity index (χ4v) is 1.60. The van der Waals surface area contributed by atoms with Crippen LogP contribution in [0.25, 0.3) is 0 Å². The molecule has 23 heavy (non-hydrogen) atoms. The summed E-state index contributed by atoms with van der Waals surface area (Å²) in [4.78, 5) is 41.3. The van der Waals surface area contributed by atoms with E-state index in [0.29, 0.717) is 6.54 Å². The molecule has 1 aliphatic rings. The Labute approximate surface area is 128 Å². The molecule has 0 radical (unpaired) electrons. The predicted octanol–water partition coefficient (Wildman–Crippen LogP) is 0.184. The van der Waals surface area contributed by atoms with Gasteiger partial charge in [-0.1, -0.05) is 6.07 Å². The highest BCUT2D eigenvalue weighted by molar-refractivity contribution is 6.02. The summed E-state index contributed by atoms with van der Waals surface area (Å²) >= 11 is 0. The minimum atomic E-state index is -1.58. The first-order valence-corrected chi connectivity index (χ1v) is 5.89. The highest BCUT2D eigenvalue weighted by atomic mass is 16.6. The van der Waals surface area contributed by atoms with Gasteiger partial charge < -0.3 is 10.0 Å². The van der Waals surface area contributed by atoms with Gasteiger partial charge in [-0.05, 0) is 6.07 Å². The van der Waals surface area contributed by atoms with Crippen LogP contribution in [-0.4, -0.2) is 51.3 Å². The van der Waals surface area contributed by atoms with Crippen LogP contribution in [0.4, 0.5) is 11.4 Å². The van der Waals surface area contributed by atoms with E-state index in [1.165, 1.54) is 0 Å². The van der Waals surface area contributed by atoms with Gasteiger partial charge in [0.1, 0.15) is 5.56 Å². The number of para-hydroxylation sites is 1. The molecule has 0 aromatic heterocycles. The Balaban J connectivity index is 0.000000277. The monoisotopic (exact) mass is 325 g/mol. The Morgan fingerprint density at radius 1 is 1.35 bits per heavy atom. The number of nitro benzene ring substituents is 2. The van der Waals surface area contributed by atoms with E-state index < -0.39 is 32.8 Å². The first-order valence-electron chi connectivity index (χ1n) is 5.89. The number of rotatable bonds is 3. The SMILES string of the molecule is CN1CC(=O)NC1=N.O=C(O)c1cccc([N+](=O)[O-])c1[N+](=O)[O-]. The van der Waals surface area contributed by atoms with E-state index in [1.807, 2.05) is 0 Å². The number of nitrogens with zero attached hydrogens (tertiary/aromatic N) is 3. The lowest BCUT2D eigenvalue weighted by Gasteiger charge is -2.03. The van der Waals surface area contributed by atoms with Gasteiger partial charge in [-0.25, -0.2) is 4.79 Å². The van der Waals surface area contributed by atoms with Crippen molar-refractivity contribution in [3.05, 3.63) is 44.0 Å². The Kier molecular flexibility index (Phi) is 5.27. The molecule has 1 amide bonds. The quantitative estimate of drug-likeness (QED) is 0.519. The summed E-state index contributed by atoms with van der Waals surface area (Å²) in [6.45, 7) is 0.318. The zero-order valence-corrected chi connectivity index (χ0v) is 11.7. The smallest absolute Gasteiger partial charge is 0.360 e. The Hall–Kier alpha value is -3.57. The van der Waals surface area contributed by atoms with Crippen molar-refractivity contribution in [2.45, 2.75) is 0 Å². The zero-order valence-electron chi connectivity index (χ0n) is 11.7.